The Morgan fingerprint density at radius 3 is 2.20 bits per heavy atom. The van der Waals surface area contributed by atoms with E-state index >= 15 is 0 Å². The summed E-state index contributed by atoms with van der Waals surface area (Å²) in [5.74, 6) is 0.855. The van der Waals surface area contributed by atoms with Crippen molar-refractivity contribution in [2.45, 2.75) is 33.1 Å². The highest BCUT2D eigenvalue weighted by atomic mass is 16.5. The van der Waals surface area contributed by atoms with Crippen molar-refractivity contribution in [2.24, 2.45) is 0 Å². The molecule has 0 radical (unpaired) electrons. The maximum absolute atomic E-state index is 12.5. The van der Waals surface area contributed by atoms with E-state index in [0.29, 0.717) is 18.6 Å². The average Bonchev–Trinajstić information content (AvgIpc) is 2.80. The minimum absolute atomic E-state index is 0.144. The van der Waals surface area contributed by atoms with E-state index in [2.05, 4.69) is 17.1 Å². The van der Waals surface area contributed by atoms with Crippen molar-refractivity contribution in [3.63, 3.8) is 0 Å². The van der Waals surface area contributed by atoms with Gasteiger partial charge in [-0.1, -0.05) is 20.3 Å². The van der Waals surface area contributed by atoms with Crippen LogP contribution in [-0.2, 0) is 4.79 Å². The van der Waals surface area contributed by atoms with Gasteiger partial charge in [-0.05, 0) is 55.0 Å². The average molecular weight is 410 g/mol. The maximum atomic E-state index is 12.5. The summed E-state index contributed by atoms with van der Waals surface area (Å²) in [5, 5.41) is 2.94. The number of ether oxygens (including phenoxy) is 1. The number of rotatable bonds is 8. The van der Waals surface area contributed by atoms with E-state index in [4.69, 9.17) is 4.74 Å². The summed E-state index contributed by atoms with van der Waals surface area (Å²) >= 11 is 0. The molecule has 0 spiro atoms. The Morgan fingerprint density at radius 1 is 0.933 bits per heavy atom. The minimum atomic E-state index is -0.144. The molecule has 1 heterocycles. The first-order valence-corrected chi connectivity index (χ1v) is 10.8. The molecular weight excluding hydrogens is 378 g/mol. The Kier molecular flexibility index (Phi) is 7.71. The van der Waals surface area contributed by atoms with Crippen LogP contribution in [0.1, 0.15) is 43.5 Å². The van der Waals surface area contributed by atoms with E-state index in [1.54, 1.807) is 12.1 Å². The molecule has 0 bridgehead atoms. The van der Waals surface area contributed by atoms with Crippen LogP contribution < -0.4 is 15.0 Å². The van der Waals surface area contributed by atoms with Crippen LogP contribution >= 0.6 is 0 Å². The molecule has 0 aliphatic carbocycles. The van der Waals surface area contributed by atoms with Crippen molar-refractivity contribution in [3.05, 3.63) is 54.1 Å². The Hall–Kier alpha value is -3.02. The number of piperazine rings is 1. The van der Waals surface area contributed by atoms with Gasteiger partial charge in [-0.25, -0.2) is 0 Å². The monoisotopic (exact) mass is 409 g/mol. The van der Waals surface area contributed by atoms with Gasteiger partial charge in [0.15, 0.2) is 0 Å². The largest absolute Gasteiger partial charge is 0.494 e. The van der Waals surface area contributed by atoms with Crippen LogP contribution in [0, 0.1) is 0 Å². The molecule has 160 valence electrons. The number of carbonyl (C=O) groups is 2. The zero-order valence-electron chi connectivity index (χ0n) is 17.9. The Bertz CT molecular complexity index is 826. The van der Waals surface area contributed by atoms with Crippen molar-refractivity contribution in [1.29, 1.82) is 0 Å². The molecule has 0 saturated carbocycles. The standard InChI is InChI=1S/C24H31N3O3/c1-3-5-18-30-22-12-6-19(7-13-22)24(29)25-20-8-10-21(11-9-20)26-14-16-27(17-15-26)23(28)4-2/h6-13H,3-5,14-18H2,1-2H3,(H,25,29). The van der Waals surface area contributed by atoms with Crippen LogP contribution in [0.25, 0.3) is 0 Å². The molecule has 6 heteroatoms. The van der Waals surface area contributed by atoms with Gasteiger partial charge >= 0.3 is 0 Å². The number of unbranched alkanes of at least 4 members (excludes halogenated alkanes) is 1. The Morgan fingerprint density at radius 2 is 1.60 bits per heavy atom. The van der Waals surface area contributed by atoms with Crippen LogP contribution in [0.15, 0.2) is 48.5 Å². The van der Waals surface area contributed by atoms with Gasteiger partial charge in [0.25, 0.3) is 5.91 Å². The van der Waals surface area contributed by atoms with E-state index in [9.17, 15) is 9.59 Å². The Labute approximate surface area is 178 Å². The maximum Gasteiger partial charge on any atom is 0.255 e. The fourth-order valence-corrected chi connectivity index (χ4v) is 3.43. The fourth-order valence-electron chi connectivity index (χ4n) is 3.43. The summed E-state index contributed by atoms with van der Waals surface area (Å²) in [6, 6.07) is 15.1. The molecule has 1 N–H and O–H groups in total. The summed E-state index contributed by atoms with van der Waals surface area (Å²) in [6.07, 6.45) is 2.67. The first-order chi connectivity index (χ1) is 14.6. The number of anilines is 2. The third kappa shape index (κ3) is 5.75. The molecule has 0 aromatic heterocycles. The van der Waals surface area contributed by atoms with Gasteiger partial charge < -0.3 is 19.9 Å². The molecule has 1 aliphatic heterocycles. The summed E-state index contributed by atoms with van der Waals surface area (Å²) in [6.45, 7) is 7.87. The van der Waals surface area contributed by atoms with Gasteiger partial charge in [-0.3, -0.25) is 9.59 Å². The molecule has 2 aromatic rings. The van der Waals surface area contributed by atoms with Crippen molar-refractivity contribution in [3.8, 4) is 5.75 Å². The predicted octanol–water partition coefficient (Wildman–Crippen LogP) is 4.18. The lowest BCUT2D eigenvalue weighted by Crippen LogP contribution is -2.48. The van der Waals surface area contributed by atoms with E-state index < -0.39 is 0 Å². The van der Waals surface area contributed by atoms with Gasteiger partial charge in [-0.2, -0.15) is 0 Å². The van der Waals surface area contributed by atoms with Crippen molar-refractivity contribution < 1.29 is 14.3 Å². The number of hydrogen-bond acceptors (Lipinski definition) is 4. The SMILES string of the molecule is CCCCOc1ccc(C(=O)Nc2ccc(N3CCN(C(=O)CC)CC3)cc2)cc1. The van der Waals surface area contributed by atoms with Crippen LogP contribution in [-0.4, -0.2) is 49.5 Å². The molecule has 0 atom stereocenters. The highest BCUT2D eigenvalue weighted by Crippen LogP contribution is 2.21. The van der Waals surface area contributed by atoms with E-state index in [-0.39, 0.29) is 11.8 Å². The van der Waals surface area contributed by atoms with Crippen LogP contribution in [0.4, 0.5) is 11.4 Å². The number of nitrogens with one attached hydrogen (secondary N) is 1. The molecule has 3 rings (SSSR count). The van der Waals surface area contributed by atoms with Gasteiger partial charge in [0.2, 0.25) is 5.91 Å². The van der Waals surface area contributed by atoms with E-state index in [1.165, 1.54) is 0 Å². The summed E-state index contributed by atoms with van der Waals surface area (Å²) in [4.78, 5) is 28.5. The fraction of sp³-hybridized carbons (Fsp3) is 0.417. The quantitative estimate of drug-likeness (QED) is 0.665. The number of hydrogen-bond donors (Lipinski definition) is 1. The highest BCUT2D eigenvalue weighted by molar-refractivity contribution is 6.04. The van der Waals surface area contributed by atoms with Crippen LogP contribution in [0.3, 0.4) is 0 Å². The number of benzene rings is 2. The van der Waals surface area contributed by atoms with Gasteiger partial charge in [0, 0.05) is 49.5 Å². The van der Waals surface area contributed by atoms with Crippen LogP contribution in [0.5, 0.6) is 5.75 Å². The number of nitrogens with zero attached hydrogens (tertiary/aromatic N) is 2. The van der Waals surface area contributed by atoms with Gasteiger partial charge in [0.05, 0.1) is 6.61 Å². The second-order valence-corrected chi connectivity index (χ2v) is 7.45. The predicted molar refractivity (Wildman–Crippen MR) is 120 cm³/mol. The van der Waals surface area contributed by atoms with Crippen molar-refractivity contribution in [2.75, 3.05) is 43.0 Å². The zero-order chi connectivity index (χ0) is 21.3. The molecular formula is C24H31N3O3. The normalized spacial score (nSPS) is 13.8. The lowest BCUT2D eigenvalue weighted by Gasteiger charge is -2.36. The van der Waals surface area contributed by atoms with E-state index in [1.807, 2.05) is 48.2 Å². The second kappa shape index (κ2) is 10.7. The summed E-state index contributed by atoms with van der Waals surface area (Å²) < 4.78 is 5.64. The number of amides is 2. The molecule has 2 amide bonds. The van der Waals surface area contributed by atoms with E-state index in [0.717, 1.165) is 56.1 Å². The Balaban J connectivity index is 1.52. The summed E-state index contributed by atoms with van der Waals surface area (Å²) in [5.41, 5.74) is 2.45. The topological polar surface area (TPSA) is 61.9 Å². The minimum Gasteiger partial charge on any atom is -0.494 e. The molecule has 0 unspecified atom stereocenters. The molecule has 1 saturated heterocycles. The lowest BCUT2D eigenvalue weighted by molar-refractivity contribution is -0.131. The zero-order valence-corrected chi connectivity index (χ0v) is 17.9. The lowest BCUT2D eigenvalue weighted by atomic mass is 10.2. The molecule has 1 aliphatic rings. The molecule has 1 fully saturated rings. The first-order valence-electron chi connectivity index (χ1n) is 10.8. The molecule has 30 heavy (non-hydrogen) atoms. The molecule has 6 nitrogen and oxygen atoms in total. The third-order valence-electron chi connectivity index (χ3n) is 5.31. The van der Waals surface area contributed by atoms with Gasteiger partial charge in [-0.15, -0.1) is 0 Å². The molecule has 2 aromatic carbocycles. The first kappa shape index (κ1) is 21.7. The third-order valence-corrected chi connectivity index (χ3v) is 5.31. The van der Waals surface area contributed by atoms with Crippen LogP contribution in [0.2, 0.25) is 0 Å². The smallest absolute Gasteiger partial charge is 0.255 e. The van der Waals surface area contributed by atoms with Gasteiger partial charge in [0.1, 0.15) is 5.75 Å². The van der Waals surface area contributed by atoms with Crippen molar-refractivity contribution >= 4 is 23.2 Å². The summed E-state index contributed by atoms with van der Waals surface area (Å²) in [7, 11) is 0. The second-order valence-electron chi connectivity index (χ2n) is 7.45. The highest BCUT2D eigenvalue weighted by Gasteiger charge is 2.20. The number of carbonyl (C=O) groups excluding carboxylic acids is 2. The van der Waals surface area contributed by atoms with Crippen molar-refractivity contribution in [1.82, 2.24) is 4.90 Å².